The van der Waals surface area contributed by atoms with E-state index >= 15 is 0 Å². The number of amides is 1. The van der Waals surface area contributed by atoms with Gasteiger partial charge in [0.2, 0.25) is 0 Å². The molecular weight excluding hydrogens is 346 g/mol. The molecule has 24 heavy (non-hydrogen) atoms. The lowest BCUT2D eigenvalue weighted by Gasteiger charge is -2.26. The van der Waals surface area contributed by atoms with E-state index in [0.717, 1.165) is 17.7 Å². The Morgan fingerprint density at radius 3 is 2.71 bits per heavy atom. The first-order chi connectivity index (χ1) is 11.6. The van der Waals surface area contributed by atoms with E-state index in [-0.39, 0.29) is 11.9 Å². The molecule has 126 valence electrons. The minimum Gasteiger partial charge on any atom is -0.493 e. The fourth-order valence-corrected chi connectivity index (χ4v) is 4.02. The van der Waals surface area contributed by atoms with Crippen molar-refractivity contribution in [1.82, 2.24) is 5.32 Å². The molecule has 2 aromatic rings. The molecular formula is C18H18ClNO3S. The van der Waals surface area contributed by atoms with Gasteiger partial charge >= 0.3 is 0 Å². The number of thioether (sulfide) groups is 1. The van der Waals surface area contributed by atoms with E-state index in [1.165, 1.54) is 4.90 Å². The van der Waals surface area contributed by atoms with Crippen molar-refractivity contribution in [3.63, 3.8) is 0 Å². The molecule has 0 aromatic heterocycles. The number of hydrogen-bond donors (Lipinski definition) is 1. The van der Waals surface area contributed by atoms with Gasteiger partial charge in [-0.25, -0.2) is 0 Å². The SMILES string of the molecule is COc1ccc(C(=O)NC2CCSc3ccc(Cl)cc32)cc1OC. The van der Waals surface area contributed by atoms with Crippen molar-refractivity contribution in [2.45, 2.75) is 17.4 Å². The van der Waals surface area contributed by atoms with Gasteiger partial charge in [-0.3, -0.25) is 4.79 Å². The molecule has 1 heterocycles. The molecule has 1 amide bonds. The highest BCUT2D eigenvalue weighted by atomic mass is 35.5. The number of fused-ring (bicyclic) bond motifs is 1. The van der Waals surface area contributed by atoms with Crippen molar-refractivity contribution in [2.24, 2.45) is 0 Å². The maximum absolute atomic E-state index is 12.6. The number of halogens is 1. The van der Waals surface area contributed by atoms with Crippen LogP contribution in [-0.4, -0.2) is 25.9 Å². The molecule has 3 rings (SSSR count). The third-order valence-corrected chi connectivity index (χ3v) is 5.32. The van der Waals surface area contributed by atoms with Gasteiger partial charge in [-0.15, -0.1) is 11.8 Å². The second-order valence-corrected chi connectivity index (χ2v) is 6.99. The number of rotatable bonds is 4. The zero-order chi connectivity index (χ0) is 17.1. The maximum atomic E-state index is 12.6. The molecule has 4 nitrogen and oxygen atoms in total. The second kappa shape index (κ2) is 7.36. The summed E-state index contributed by atoms with van der Waals surface area (Å²) in [7, 11) is 3.12. The number of hydrogen-bond acceptors (Lipinski definition) is 4. The summed E-state index contributed by atoms with van der Waals surface area (Å²) in [5, 5.41) is 3.78. The van der Waals surface area contributed by atoms with Crippen LogP contribution in [0.15, 0.2) is 41.3 Å². The van der Waals surface area contributed by atoms with Gasteiger partial charge in [-0.05, 0) is 48.4 Å². The Morgan fingerprint density at radius 1 is 1.17 bits per heavy atom. The Morgan fingerprint density at radius 2 is 1.96 bits per heavy atom. The molecule has 2 aromatic carbocycles. The van der Waals surface area contributed by atoms with E-state index < -0.39 is 0 Å². The highest BCUT2D eigenvalue weighted by Gasteiger charge is 2.23. The fraction of sp³-hybridized carbons (Fsp3) is 0.278. The van der Waals surface area contributed by atoms with Crippen molar-refractivity contribution >= 4 is 29.3 Å². The lowest BCUT2D eigenvalue weighted by Crippen LogP contribution is -2.30. The van der Waals surface area contributed by atoms with Gasteiger partial charge in [0.1, 0.15) is 0 Å². The number of carbonyl (C=O) groups excluding carboxylic acids is 1. The zero-order valence-corrected chi connectivity index (χ0v) is 15.0. The molecule has 1 N–H and O–H groups in total. The number of methoxy groups -OCH3 is 2. The molecule has 6 heteroatoms. The highest BCUT2D eigenvalue weighted by Crippen LogP contribution is 2.37. The van der Waals surface area contributed by atoms with Crippen LogP contribution in [0.4, 0.5) is 0 Å². The Kier molecular flexibility index (Phi) is 5.21. The first kappa shape index (κ1) is 17.0. The lowest BCUT2D eigenvalue weighted by molar-refractivity contribution is 0.0934. The maximum Gasteiger partial charge on any atom is 0.251 e. The van der Waals surface area contributed by atoms with Gasteiger partial charge < -0.3 is 14.8 Å². The van der Waals surface area contributed by atoms with E-state index in [9.17, 15) is 4.79 Å². The lowest BCUT2D eigenvalue weighted by atomic mass is 10.0. The van der Waals surface area contributed by atoms with Gasteiger partial charge in [0.25, 0.3) is 5.91 Å². The van der Waals surface area contributed by atoms with Crippen LogP contribution in [0, 0.1) is 0 Å². The summed E-state index contributed by atoms with van der Waals surface area (Å²) in [5.74, 6) is 1.96. The van der Waals surface area contributed by atoms with E-state index in [0.29, 0.717) is 22.1 Å². The van der Waals surface area contributed by atoms with Crippen molar-refractivity contribution in [2.75, 3.05) is 20.0 Å². The summed E-state index contributed by atoms with van der Waals surface area (Å²) in [5.41, 5.74) is 1.61. The van der Waals surface area contributed by atoms with E-state index in [1.807, 2.05) is 18.2 Å². The Labute approximate surface area is 150 Å². The Balaban J connectivity index is 1.82. The summed E-state index contributed by atoms with van der Waals surface area (Å²) in [6.45, 7) is 0. The molecule has 0 aliphatic carbocycles. The van der Waals surface area contributed by atoms with Crippen LogP contribution in [0.25, 0.3) is 0 Å². The summed E-state index contributed by atoms with van der Waals surface area (Å²) >= 11 is 7.90. The first-order valence-corrected chi connectivity index (χ1v) is 8.94. The third kappa shape index (κ3) is 3.47. The van der Waals surface area contributed by atoms with Crippen molar-refractivity contribution in [1.29, 1.82) is 0 Å². The molecule has 0 saturated heterocycles. The smallest absolute Gasteiger partial charge is 0.251 e. The summed E-state index contributed by atoms with van der Waals surface area (Å²) in [6, 6.07) is 10.9. The molecule has 0 spiro atoms. The fourth-order valence-electron chi connectivity index (χ4n) is 2.73. The number of nitrogens with one attached hydrogen (secondary N) is 1. The van der Waals surface area contributed by atoms with Crippen LogP contribution in [0.3, 0.4) is 0 Å². The van der Waals surface area contributed by atoms with Crippen LogP contribution < -0.4 is 14.8 Å². The van der Waals surface area contributed by atoms with Gasteiger partial charge in [-0.2, -0.15) is 0 Å². The summed E-state index contributed by atoms with van der Waals surface area (Å²) in [6.07, 6.45) is 0.872. The Bertz CT molecular complexity index is 766. The standard InChI is InChI=1S/C18H18ClNO3S/c1-22-15-5-3-11(9-16(15)23-2)18(21)20-14-7-8-24-17-6-4-12(19)10-13(14)17/h3-6,9-10,14H,7-8H2,1-2H3,(H,20,21). The van der Waals surface area contributed by atoms with Crippen LogP contribution >= 0.6 is 23.4 Å². The molecule has 1 atom stereocenters. The monoisotopic (exact) mass is 363 g/mol. The van der Waals surface area contributed by atoms with E-state index in [1.54, 1.807) is 44.2 Å². The van der Waals surface area contributed by atoms with Crippen LogP contribution in [0.1, 0.15) is 28.4 Å². The average molecular weight is 364 g/mol. The Hall–Kier alpha value is -1.85. The summed E-state index contributed by atoms with van der Waals surface area (Å²) in [4.78, 5) is 13.8. The van der Waals surface area contributed by atoms with Crippen LogP contribution in [-0.2, 0) is 0 Å². The molecule has 1 unspecified atom stereocenters. The number of carbonyl (C=O) groups is 1. The molecule has 0 saturated carbocycles. The summed E-state index contributed by atoms with van der Waals surface area (Å²) < 4.78 is 10.5. The van der Waals surface area contributed by atoms with Crippen LogP contribution in [0.5, 0.6) is 11.5 Å². The van der Waals surface area contributed by atoms with Gasteiger partial charge in [0.05, 0.1) is 20.3 Å². The average Bonchev–Trinajstić information content (AvgIpc) is 2.61. The van der Waals surface area contributed by atoms with Crippen molar-refractivity contribution in [3.05, 3.63) is 52.5 Å². The molecule has 1 aliphatic rings. The minimum absolute atomic E-state index is 0.0412. The highest BCUT2D eigenvalue weighted by molar-refractivity contribution is 7.99. The quantitative estimate of drug-likeness (QED) is 0.878. The molecule has 0 fully saturated rings. The van der Waals surface area contributed by atoms with Crippen molar-refractivity contribution < 1.29 is 14.3 Å². The number of benzene rings is 2. The molecule has 0 radical (unpaired) electrons. The predicted octanol–water partition coefficient (Wildman–Crippen LogP) is 4.32. The number of ether oxygens (including phenoxy) is 2. The van der Waals surface area contributed by atoms with Crippen LogP contribution in [0.2, 0.25) is 5.02 Å². The largest absolute Gasteiger partial charge is 0.493 e. The second-order valence-electron chi connectivity index (χ2n) is 5.42. The minimum atomic E-state index is -0.140. The van der Waals surface area contributed by atoms with Gasteiger partial charge in [-0.1, -0.05) is 11.6 Å². The van der Waals surface area contributed by atoms with E-state index in [4.69, 9.17) is 21.1 Å². The predicted molar refractivity (Wildman–Crippen MR) is 96.5 cm³/mol. The zero-order valence-electron chi connectivity index (χ0n) is 13.5. The van der Waals surface area contributed by atoms with Gasteiger partial charge in [0, 0.05) is 21.2 Å². The molecule has 0 bridgehead atoms. The topological polar surface area (TPSA) is 47.6 Å². The van der Waals surface area contributed by atoms with Gasteiger partial charge in [0.15, 0.2) is 11.5 Å². The van der Waals surface area contributed by atoms with E-state index in [2.05, 4.69) is 5.32 Å². The third-order valence-electron chi connectivity index (χ3n) is 3.96. The van der Waals surface area contributed by atoms with Crippen molar-refractivity contribution in [3.8, 4) is 11.5 Å². The molecule has 1 aliphatic heterocycles. The first-order valence-electron chi connectivity index (χ1n) is 7.57. The normalized spacial score (nSPS) is 16.2.